The topological polar surface area (TPSA) is 90.6 Å². The number of thiazole rings is 1. The molecule has 2 aromatic heterocycles. The lowest BCUT2D eigenvalue weighted by molar-refractivity contribution is 0.0716. The predicted octanol–water partition coefficient (Wildman–Crippen LogP) is 3.62. The van der Waals surface area contributed by atoms with Crippen molar-refractivity contribution < 1.29 is 14.3 Å². The molecule has 7 nitrogen and oxygen atoms in total. The number of carbonyl (C=O) groups excluding carboxylic acids is 1. The molecule has 0 unspecified atom stereocenters. The molecule has 1 aromatic carbocycles. The molecule has 0 radical (unpaired) electrons. The lowest BCUT2D eigenvalue weighted by atomic mass is 9.91. The number of ether oxygens (including phenoxy) is 2. The lowest BCUT2D eigenvalue weighted by Gasteiger charge is -2.32. The number of hydrogen-bond acceptors (Lipinski definition) is 7. The zero-order valence-electron chi connectivity index (χ0n) is 16.8. The molecule has 1 saturated heterocycles. The maximum atomic E-state index is 12.7. The number of carbonyl (C=O) groups is 1. The van der Waals surface area contributed by atoms with Gasteiger partial charge in [0.25, 0.3) is 5.91 Å². The fraction of sp³-hybridized carbons (Fsp3) is 0.381. The summed E-state index contributed by atoms with van der Waals surface area (Å²) in [5, 5.41) is 0.914. The Labute approximate surface area is 173 Å². The number of nitrogens with two attached hydrogens (primary N) is 1. The van der Waals surface area contributed by atoms with Gasteiger partial charge in [0.2, 0.25) is 0 Å². The van der Waals surface area contributed by atoms with Crippen LogP contribution in [0, 0.1) is 6.92 Å². The van der Waals surface area contributed by atoms with Crippen molar-refractivity contribution in [1.82, 2.24) is 14.9 Å². The van der Waals surface area contributed by atoms with Crippen LogP contribution in [0.2, 0.25) is 0 Å². The van der Waals surface area contributed by atoms with E-state index in [4.69, 9.17) is 20.2 Å². The van der Waals surface area contributed by atoms with E-state index in [-0.39, 0.29) is 11.8 Å². The van der Waals surface area contributed by atoms with E-state index in [0.29, 0.717) is 30.3 Å². The number of aromatic nitrogens is 2. The van der Waals surface area contributed by atoms with Crippen LogP contribution in [0.1, 0.15) is 39.8 Å². The number of likely N-dealkylation sites (tertiary alicyclic amines) is 1. The average molecular weight is 413 g/mol. The monoisotopic (exact) mass is 412 g/mol. The van der Waals surface area contributed by atoms with Gasteiger partial charge < -0.3 is 20.1 Å². The molecule has 0 atom stereocenters. The first kappa shape index (κ1) is 19.4. The maximum Gasteiger partial charge on any atom is 0.265 e. The normalized spacial score (nSPS) is 14.9. The van der Waals surface area contributed by atoms with Crippen LogP contribution < -0.4 is 15.2 Å². The molecule has 1 fully saturated rings. The van der Waals surface area contributed by atoms with Crippen molar-refractivity contribution in [3.05, 3.63) is 40.0 Å². The third-order valence-electron chi connectivity index (χ3n) is 5.49. The summed E-state index contributed by atoms with van der Waals surface area (Å²) in [6.45, 7) is 3.25. The average Bonchev–Trinajstić information content (AvgIpc) is 3.17. The van der Waals surface area contributed by atoms with Gasteiger partial charge in [-0.2, -0.15) is 0 Å². The van der Waals surface area contributed by atoms with E-state index in [2.05, 4.69) is 4.98 Å². The summed E-state index contributed by atoms with van der Waals surface area (Å²) in [6, 6.07) is 5.71. The quantitative estimate of drug-likeness (QED) is 0.704. The first-order valence-corrected chi connectivity index (χ1v) is 10.4. The van der Waals surface area contributed by atoms with E-state index in [1.807, 2.05) is 30.0 Å². The highest BCUT2D eigenvalue weighted by atomic mass is 32.1. The van der Waals surface area contributed by atoms with E-state index >= 15 is 0 Å². The highest BCUT2D eigenvalue weighted by Crippen LogP contribution is 2.36. The van der Waals surface area contributed by atoms with Gasteiger partial charge in [0, 0.05) is 30.5 Å². The lowest BCUT2D eigenvalue weighted by Crippen LogP contribution is -2.38. The van der Waals surface area contributed by atoms with Crippen LogP contribution in [0.4, 0.5) is 5.69 Å². The second-order valence-corrected chi connectivity index (χ2v) is 8.05. The number of benzene rings is 1. The molecule has 8 heteroatoms. The van der Waals surface area contributed by atoms with Crippen LogP contribution in [-0.2, 0) is 0 Å². The van der Waals surface area contributed by atoms with Gasteiger partial charge in [-0.05, 0) is 31.9 Å². The Morgan fingerprint density at radius 3 is 2.48 bits per heavy atom. The number of hydrogen-bond donors (Lipinski definition) is 1. The van der Waals surface area contributed by atoms with Gasteiger partial charge in [-0.15, -0.1) is 11.3 Å². The van der Waals surface area contributed by atoms with Gasteiger partial charge in [-0.25, -0.2) is 4.98 Å². The number of piperidine rings is 1. The van der Waals surface area contributed by atoms with Gasteiger partial charge in [0.05, 0.1) is 42.3 Å². The molecule has 29 heavy (non-hydrogen) atoms. The van der Waals surface area contributed by atoms with Crippen LogP contribution in [0.3, 0.4) is 0 Å². The number of rotatable bonds is 4. The Hall–Kier alpha value is -2.87. The number of anilines is 1. The van der Waals surface area contributed by atoms with Crippen LogP contribution in [0.15, 0.2) is 23.7 Å². The van der Waals surface area contributed by atoms with Crippen LogP contribution in [0.5, 0.6) is 11.5 Å². The number of nitrogens with zero attached hydrogens (tertiary/aromatic N) is 3. The molecule has 0 saturated carbocycles. The second kappa shape index (κ2) is 7.87. The second-order valence-electron chi connectivity index (χ2n) is 7.20. The molecule has 4 rings (SSSR count). The predicted molar refractivity (Wildman–Crippen MR) is 114 cm³/mol. The third-order valence-corrected chi connectivity index (χ3v) is 6.41. The highest BCUT2D eigenvalue weighted by Gasteiger charge is 2.28. The van der Waals surface area contributed by atoms with Gasteiger partial charge in [-0.1, -0.05) is 0 Å². The fourth-order valence-electron chi connectivity index (χ4n) is 3.87. The van der Waals surface area contributed by atoms with E-state index < -0.39 is 0 Å². The van der Waals surface area contributed by atoms with Gasteiger partial charge >= 0.3 is 0 Å². The number of pyridine rings is 1. The van der Waals surface area contributed by atoms with Gasteiger partial charge in [0.15, 0.2) is 11.5 Å². The number of aryl methyl sites for hydroxylation is 1. The number of fused-ring (bicyclic) bond motifs is 1. The van der Waals surface area contributed by atoms with Crippen molar-refractivity contribution in [1.29, 1.82) is 0 Å². The molecular formula is C21H24N4O3S. The first-order chi connectivity index (χ1) is 14.0. The molecule has 1 aliphatic heterocycles. The summed E-state index contributed by atoms with van der Waals surface area (Å²) in [5.41, 5.74) is 11.3. The minimum absolute atomic E-state index is 0.0692. The van der Waals surface area contributed by atoms with Crippen LogP contribution in [0.25, 0.3) is 10.9 Å². The molecule has 1 amide bonds. The van der Waals surface area contributed by atoms with Crippen LogP contribution in [-0.4, -0.2) is 48.1 Å². The SMILES string of the molecule is COc1cc2cc(N)c(C3CCN(C(=O)c4scnc4C)CC3)nc2cc1OC. The van der Waals surface area contributed by atoms with Crippen molar-refractivity contribution >= 4 is 33.8 Å². The summed E-state index contributed by atoms with van der Waals surface area (Å²) in [6.07, 6.45) is 1.67. The maximum absolute atomic E-state index is 12.7. The van der Waals surface area contributed by atoms with Gasteiger partial charge in [-0.3, -0.25) is 9.78 Å². The minimum Gasteiger partial charge on any atom is -0.493 e. The molecule has 152 valence electrons. The van der Waals surface area contributed by atoms with Crippen molar-refractivity contribution in [2.75, 3.05) is 33.0 Å². The van der Waals surface area contributed by atoms with Crippen LogP contribution >= 0.6 is 11.3 Å². The fourth-order valence-corrected chi connectivity index (χ4v) is 4.64. The van der Waals surface area contributed by atoms with E-state index in [9.17, 15) is 4.79 Å². The molecule has 3 heterocycles. The van der Waals surface area contributed by atoms with E-state index in [0.717, 1.165) is 40.0 Å². The molecular weight excluding hydrogens is 388 g/mol. The Kier molecular flexibility index (Phi) is 5.27. The standard InChI is InChI=1S/C21H24N4O3S/c1-12-20(29-11-23-12)21(26)25-6-4-13(5-7-25)19-15(22)8-14-9-17(27-2)18(28-3)10-16(14)24-19/h8-11,13H,4-7,22H2,1-3H3. The third kappa shape index (κ3) is 3.60. The Morgan fingerprint density at radius 1 is 1.17 bits per heavy atom. The highest BCUT2D eigenvalue weighted by molar-refractivity contribution is 7.11. The summed E-state index contributed by atoms with van der Waals surface area (Å²) < 4.78 is 10.8. The Bertz CT molecular complexity index is 1060. The summed E-state index contributed by atoms with van der Waals surface area (Å²) in [7, 11) is 3.22. The number of amides is 1. The van der Waals surface area contributed by atoms with Crippen molar-refractivity contribution in [2.45, 2.75) is 25.7 Å². The minimum atomic E-state index is 0.0692. The molecule has 2 N–H and O–H groups in total. The first-order valence-electron chi connectivity index (χ1n) is 9.53. The molecule has 0 aliphatic carbocycles. The van der Waals surface area contributed by atoms with Gasteiger partial charge in [0.1, 0.15) is 4.88 Å². The number of methoxy groups -OCH3 is 2. The van der Waals surface area contributed by atoms with Crippen molar-refractivity contribution in [2.24, 2.45) is 0 Å². The molecule has 0 spiro atoms. The van der Waals surface area contributed by atoms with E-state index in [1.54, 1.807) is 19.7 Å². The zero-order chi connectivity index (χ0) is 20.5. The smallest absolute Gasteiger partial charge is 0.265 e. The number of nitrogen functional groups attached to an aromatic ring is 1. The van der Waals surface area contributed by atoms with Crippen molar-refractivity contribution in [3.8, 4) is 11.5 Å². The largest absolute Gasteiger partial charge is 0.493 e. The summed E-state index contributed by atoms with van der Waals surface area (Å²) in [5.74, 6) is 1.58. The van der Waals surface area contributed by atoms with E-state index in [1.165, 1.54) is 11.3 Å². The summed E-state index contributed by atoms with van der Waals surface area (Å²) >= 11 is 1.40. The molecule has 1 aliphatic rings. The Balaban J connectivity index is 1.55. The Morgan fingerprint density at radius 2 is 1.86 bits per heavy atom. The summed E-state index contributed by atoms with van der Waals surface area (Å²) in [4.78, 5) is 24.4. The zero-order valence-corrected chi connectivity index (χ0v) is 17.6. The molecule has 3 aromatic rings. The molecule has 0 bridgehead atoms. The van der Waals surface area contributed by atoms with Crippen molar-refractivity contribution in [3.63, 3.8) is 0 Å².